The summed E-state index contributed by atoms with van der Waals surface area (Å²) in [6.07, 6.45) is 3.77. The Balaban J connectivity index is 1.22. The maximum Gasteiger partial charge on any atom is 0.313 e. The lowest BCUT2D eigenvalue weighted by molar-refractivity contribution is -0.173. The Hall–Kier alpha value is -2.52. The third kappa shape index (κ3) is 5.39. The number of benzene rings is 3. The number of methoxy groups -OCH3 is 1. The Bertz CT molecular complexity index is 1420. The average molecular weight is 626 g/mol. The summed E-state index contributed by atoms with van der Waals surface area (Å²) in [5, 5.41) is -0.299. The normalized spacial score (nSPS) is 24.7. The smallest absolute Gasteiger partial charge is 0.313 e. The largest absolute Gasteiger partial charge is 0.469 e. The molecule has 0 unspecified atom stereocenters. The van der Waals surface area contributed by atoms with Gasteiger partial charge in [0.05, 0.1) is 23.2 Å². The van der Waals surface area contributed by atoms with Gasteiger partial charge in [-0.2, -0.15) is 0 Å². The van der Waals surface area contributed by atoms with E-state index < -0.39 is 21.5 Å². The molecule has 3 aromatic carbocycles. The van der Waals surface area contributed by atoms with Crippen LogP contribution in [0.15, 0.2) is 88.2 Å². The van der Waals surface area contributed by atoms with E-state index in [4.69, 9.17) is 14.2 Å². The first-order chi connectivity index (χ1) is 19.3. The van der Waals surface area contributed by atoms with Gasteiger partial charge in [-0.05, 0) is 76.4 Å². The number of carbonyl (C=O) groups is 1. The lowest BCUT2D eigenvalue weighted by Crippen LogP contribution is -2.27. The van der Waals surface area contributed by atoms with Crippen molar-refractivity contribution < 1.29 is 27.4 Å². The highest BCUT2D eigenvalue weighted by molar-refractivity contribution is 9.10. The molecule has 0 radical (unpaired) electrons. The molecule has 0 N–H and O–H groups in total. The quantitative estimate of drug-likeness (QED) is 0.250. The minimum atomic E-state index is -3.35. The molecule has 1 heterocycles. The lowest BCUT2D eigenvalue weighted by Gasteiger charge is -2.24. The van der Waals surface area contributed by atoms with Crippen molar-refractivity contribution in [1.82, 2.24) is 0 Å². The number of halogens is 1. The van der Waals surface area contributed by atoms with Crippen LogP contribution in [0.3, 0.4) is 0 Å². The standard InChI is InChI=1S/C32H33BrO6S/c1-37-31(34)26(24-12-15-28(27(33)19-24)40(35,36)25-13-14-25)18-21-16-17-32(20-21)38-29(22-8-4-2-5-9-22)30(39-32)23-10-6-3-7-11-23/h2-12,15,19,21,25-26,29-30H,13-14,16-18,20H2,1H3/t21-,26+,29-,30-/m1/s1. The molecule has 3 fully saturated rings. The Kier molecular flexibility index (Phi) is 7.63. The number of carbonyl (C=O) groups excluding carboxylic acids is 1. The molecular formula is C32H33BrO6S. The van der Waals surface area contributed by atoms with Gasteiger partial charge in [0.15, 0.2) is 15.6 Å². The highest BCUT2D eigenvalue weighted by Gasteiger charge is 2.53. The summed E-state index contributed by atoms with van der Waals surface area (Å²) in [4.78, 5) is 13.3. The first-order valence-corrected chi connectivity index (χ1v) is 16.2. The molecule has 1 spiro atoms. The van der Waals surface area contributed by atoms with Crippen molar-refractivity contribution in [3.63, 3.8) is 0 Å². The van der Waals surface area contributed by atoms with Crippen LogP contribution in [0.25, 0.3) is 0 Å². The molecule has 0 bridgehead atoms. The molecule has 4 atom stereocenters. The van der Waals surface area contributed by atoms with Crippen molar-refractivity contribution in [3.05, 3.63) is 100 Å². The number of hydrogen-bond acceptors (Lipinski definition) is 6. The minimum absolute atomic E-state index is 0.170. The van der Waals surface area contributed by atoms with Gasteiger partial charge in [0, 0.05) is 17.3 Å². The van der Waals surface area contributed by atoms with Crippen LogP contribution in [-0.4, -0.2) is 32.5 Å². The molecule has 6 rings (SSSR count). The van der Waals surface area contributed by atoms with Crippen LogP contribution in [0.2, 0.25) is 0 Å². The Morgan fingerprint density at radius 1 is 0.950 bits per heavy atom. The van der Waals surface area contributed by atoms with E-state index >= 15 is 0 Å². The van der Waals surface area contributed by atoms with Gasteiger partial charge in [0.1, 0.15) is 12.2 Å². The molecule has 1 aliphatic heterocycles. The highest BCUT2D eigenvalue weighted by Crippen LogP contribution is 2.55. The number of sulfone groups is 1. The number of hydrogen-bond donors (Lipinski definition) is 0. The molecule has 1 saturated heterocycles. The predicted molar refractivity (Wildman–Crippen MR) is 154 cm³/mol. The molecule has 2 saturated carbocycles. The van der Waals surface area contributed by atoms with Crippen LogP contribution in [0.1, 0.15) is 73.3 Å². The SMILES string of the molecule is COC(=O)[C@@H](C[C@H]1CCC2(C1)O[C@H](c1ccccc1)[C@@H](c1ccccc1)O2)c1ccc(S(=O)(=O)C2CC2)c(Br)c1. The van der Waals surface area contributed by atoms with Crippen molar-refractivity contribution in [3.8, 4) is 0 Å². The van der Waals surface area contributed by atoms with Crippen LogP contribution in [0.4, 0.5) is 0 Å². The second-order valence-electron chi connectivity index (χ2n) is 11.2. The van der Waals surface area contributed by atoms with Gasteiger partial charge in [-0.25, -0.2) is 8.42 Å². The maximum absolute atomic E-state index is 13.0. The zero-order valence-electron chi connectivity index (χ0n) is 22.4. The van der Waals surface area contributed by atoms with E-state index in [9.17, 15) is 13.2 Å². The Morgan fingerprint density at radius 2 is 1.55 bits per heavy atom. The van der Waals surface area contributed by atoms with Gasteiger partial charge < -0.3 is 14.2 Å². The van der Waals surface area contributed by atoms with Gasteiger partial charge >= 0.3 is 5.97 Å². The fraction of sp³-hybridized carbons (Fsp3) is 0.406. The van der Waals surface area contributed by atoms with Crippen molar-refractivity contribution in [2.75, 3.05) is 7.11 Å². The van der Waals surface area contributed by atoms with E-state index in [1.807, 2.05) is 36.4 Å². The molecule has 40 heavy (non-hydrogen) atoms. The van der Waals surface area contributed by atoms with E-state index in [0.717, 1.165) is 29.5 Å². The molecule has 3 aromatic rings. The van der Waals surface area contributed by atoms with E-state index in [-0.39, 0.29) is 34.2 Å². The third-order valence-corrected chi connectivity index (χ3v) is 11.7. The third-order valence-electron chi connectivity index (χ3n) is 8.43. The number of rotatable bonds is 8. The van der Waals surface area contributed by atoms with Crippen LogP contribution < -0.4 is 0 Å². The zero-order valence-corrected chi connectivity index (χ0v) is 24.8. The second-order valence-corrected chi connectivity index (χ2v) is 14.2. The highest BCUT2D eigenvalue weighted by atomic mass is 79.9. The lowest BCUT2D eigenvalue weighted by atomic mass is 9.88. The first-order valence-electron chi connectivity index (χ1n) is 13.9. The second kappa shape index (κ2) is 11.0. The van der Waals surface area contributed by atoms with Gasteiger partial charge in [-0.15, -0.1) is 0 Å². The van der Waals surface area contributed by atoms with Gasteiger partial charge in [-0.3, -0.25) is 4.79 Å². The molecular weight excluding hydrogens is 592 g/mol. The van der Waals surface area contributed by atoms with Crippen LogP contribution in [0.5, 0.6) is 0 Å². The topological polar surface area (TPSA) is 78.9 Å². The summed E-state index contributed by atoms with van der Waals surface area (Å²) < 4.78 is 44.8. The van der Waals surface area contributed by atoms with Crippen molar-refractivity contribution in [2.45, 2.75) is 72.6 Å². The van der Waals surface area contributed by atoms with Crippen LogP contribution in [-0.2, 0) is 28.8 Å². The van der Waals surface area contributed by atoms with Crippen molar-refractivity contribution in [1.29, 1.82) is 0 Å². The summed E-state index contributed by atoms with van der Waals surface area (Å²) in [5.74, 6) is -1.41. The Morgan fingerprint density at radius 3 is 2.08 bits per heavy atom. The number of esters is 1. The molecule has 3 aliphatic rings. The van der Waals surface area contributed by atoms with Gasteiger partial charge in [0.2, 0.25) is 0 Å². The van der Waals surface area contributed by atoms with Gasteiger partial charge in [-0.1, -0.05) is 66.7 Å². The van der Waals surface area contributed by atoms with E-state index in [1.54, 1.807) is 18.2 Å². The van der Waals surface area contributed by atoms with Crippen molar-refractivity contribution in [2.24, 2.45) is 5.92 Å². The summed E-state index contributed by atoms with van der Waals surface area (Å²) in [6, 6.07) is 25.5. The molecule has 210 valence electrons. The summed E-state index contributed by atoms with van der Waals surface area (Å²) in [6.45, 7) is 0. The van der Waals surface area contributed by atoms with E-state index in [2.05, 4.69) is 40.2 Å². The molecule has 6 nitrogen and oxygen atoms in total. The fourth-order valence-electron chi connectivity index (χ4n) is 6.23. The minimum Gasteiger partial charge on any atom is -0.469 e. The average Bonchev–Trinajstić information content (AvgIpc) is 3.68. The zero-order chi connectivity index (χ0) is 27.9. The first kappa shape index (κ1) is 27.6. The molecule has 8 heteroatoms. The predicted octanol–water partition coefficient (Wildman–Crippen LogP) is 7.06. The summed E-state index contributed by atoms with van der Waals surface area (Å²) in [5.41, 5.74) is 2.90. The summed E-state index contributed by atoms with van der Waals surface area (Å²) >= 11 is 3.47. The van der Waals surface area contributed by atoms with E-state index in [1.165, 1.54) is 7.11 Å². The summed E-state index contributed by atoms with van der Waals surface area (Å²) in [7, 11) is -1.96. The maximum atomic E-state index is 13.0. The van der Waals surface area contributed by atoms with Crippen LogP contribution in [0, 0.1) is 5.92 Å². The monoisotopic (exact) mass is 624 g/mol. The molecule has 0 amide bonds. The van der Waals surface area contributed by atoms with Gasteiger partial charge in [0.25, 0.3) is 0 Å². The van der Waals surface area contributed by atoms with Crippen LogP contribution >= 0.6 is 15.9 Å². The number of ether oxygens (including phenoxy) is 3. The molecule has 0 aromatic heterocycles. The Labute approximate surface area is 244 Å². The fourth-order valence-corrected chi connectivity index (χ4v) is 9.01. The van der Waals surface area contributed by atoms with E-state index in [0.29, 0.717) is 30.2 Å². The molecule has 2 aliphatic carbocycles. The van der Waals surface area contributed by atoms with Crippen molar-refractivity contribution >= 4 is 31.7 Å².